The van der Waals surface area contributed by atoms with Crippen molar-refractivity contribution in [3.05, 3.63) is 65.0 Å². The smallest absolute Gasteiger partial charge is 0.267 e. The summed E-state index contributed by atoms with van der Waals surface area (Å²) in [5, 5.41) is 2.64. The van der Waals surface area contributed by atoms with Crippen molar-refractivity contribution in [1.82, 2.24) is 9.62 Å². The maximum atomic E-state index is 13.0. The van der Waals surface area contributed by atoms with E-state index in [1.807, 2.05) is 6.92 Å². The number of amides is 2. The number of carbonyl (C=O) groups is 2. The van der Waals surface area contributed by atoms with Crippen LogP contribution in [0.4, 0.5) is 4.39 Å². The number of sulfonamides is 1. The Kier molecular flexibility index (Phi) is 5.51. The van der Waals surface area contributed by atoms with E-state index in [-0.39, 0.29) is 30.1 Å². The monoisotopic (exact) mass is 404 g/mol. The summed E-state index contributed by atoms with van der Waals surface area (Å²) in [5.74, 6) is -1.54. The van der Waals surface area contributed by atoms with E-state index in [2.05, 4.69) is 5.32 Å². The van der Waals surface area contributed by atoms with E-state index < -0.39 is 27.9 Å². The average molecular weight is 404 g/mol. The van der Waals surface area contributed by atoms with Gasteiger partial charge in [0.15, 0.2) is 0 Å². The topological polar surface area (TPSA) is 83.6 Å². The number of nitrogens with zero attached hydrogens (tertiary/aromatic N) is 1. The Balaban J connectivity index is 1.80. The van der Waals surface area contributed by atoms with Gasteiger partial charge in [0, 0.05) is 13.0 Å². The molecule has 1 atom stereocenters. The molecule has 2 amide bonds. The second kappa shape index (κ2) is 7.71. The van der Waals surface area contributed by atoms with Crippen LogP contribution in [0.3, 0.4) is 0 Å². The minimum atomic E-state index is -4.14. The zero-order chi connectivity index (χ0) is 20.5. The number of hydrogen-bond acceptors (Lipinski definition) is 4. The van der Waals surface area contributed by atoms with Gasteiger partial charge < -0.3 is 5.32 Å². The Labute approximate surface area is 163 Å². The van der Waals surface area contributed by atoms with E-state index in [1.54, 1.807) is 13.0 Å². The van der Waals surface area contributed by atoms with Gasteiger partial charge in [-0.1, -0.05) is 18.2 Å². The summed E-state index contributed by atoms with van der Waals surface area (Å²) in [6.45, 7) is 3.76. The molecule has 0 radical (unpaired) electrons. The number of aryl methyl sites for hydroxylation is 2. The van der Waals surface area contributed by atoms with Crippen molar-refractivity contribution >= 4 is 21.8 Å². The molecule has 2 aromatic carbocycles. The zero-order valence-corrected chi connectivity index (χ0v) is 16.4. The van der Waals surface area contributed by atoms with Crippen LogP contribution in [0.15, 0.2) is 47.4 Å². The highest BCUT2D eigenvalue weighted by molar-refractivity contribution is 7.89. The molecule has 8 heteroatoms. The number of benzene rings is 2. The summed E-state index contributed by atoms with van der Waals surface area (Å²) in [6, 6.07) is 9.12. The van der Waals surface area contributed by atoms with E-state index in [0.29, 0.717) is 9.87 Å². The van der Waals surface area contributed by atoms with Gasteiger partial charge >= 0.3 is 0 Å². The molecule has 1 aliphatic heterocycles. The molecule has 1 aliphatic rings. The normalized spacial score (nSPS) is 17.0. The molecule has 2 aromatic rings. The lowest BCUT2D eigenvalue weighted by Gasteiger charge is -2.24. The molecular weight excluding hydrogens is 383 g/mol. The lowest BCUT2D eigenvalue weighted by molar-refractivity contribution is -0.130. The minimum Gasteiger partial charge on any atom is -0.350 e. The van der Waals surface area contributed by atoms with Crippen LogP contribution >= 0.6 is 0 Å². The number of nitrogens with one attached hydrogen (secondary N) is 1. The second-order valence-corrected chi connectivity index (χ2v) is 8.65. The molecule has 28 heavy (non-hydrogen) atoms. The second-order valence-electron chi connectivity index (χ2n) is 6.84. The van der Waals surface area contributed by atoms with Crippen molar-refractivity contribution in [2.45, 2.75) is 44.2 Å². The fourth-order valence-corrected chi connectivity index (χ4v) is 4.79. The number of rotatable bonds is 5. The van der Waals surface area contributed by atoms with Crippen LogP contribution in [0.2, 0.25) is 0 Å². The van der Waals surface area contributed by atoms with Gasteiger partial charge in [0.1, 0.15) is 11.9 Å². The SMILES string of the molecule is Cc1ccc(S(=O)(=O)N2C(=O)CCC2C(=O)NCc2ccc(F)cc2)cc1C. The van der Waals surface area contributed by atoms with E-state index in [4.69, 9.17) is 0 Å². The number of halogens is 1. The molecule has 1 heterocycles. The van der Waals surface area contributed by atoms with Crippen molar-refractivity contribution in [3.8, 4) is 0 Å². The first-order valence-electron chi connectivity index (χ1n) is 8.87. The first kappa shape index (κ1) is 20.0. The molecule has 0 bridgehead atoms. The summed E-state index contributed by atoms with van der Waals surface area (Å²) in [7, 11) is -4.14. The van der Waals surface area contributed by atoms with Crippen molar-refractivity contribution in [1.29, 1.82) is 0 Å². The third-order valence-electron chi connectivity index (χ3n) is 4.88. The van der Waals surface area contributed by atoms with Crippen LogP contribution in [0.5, 0.6) is 0 Å². The fraction of sp³-hybridized carbons (Fsp3) is 0.300. The molecule has 1 N–H and O–H groups in total. The highest BCUT2D eigenvalue weighted by atomic mass is 32.2. The number of carbonyl (C=O) groups excluding carboxylic acids is 2. The van der Waals surface area contributed by atoms with Gasteiger partial charge in [0.2, 0.25) is 11.8 Å². The van der Waals surface area contributed by atoms with Crippen LogP contribution in [-0.4, -0.2) is 30.6 Å². The molecule has 0 saturated carbocycles. The zero-order valence-electron chi connectivity index (χ0n) is 15.6. The van der Waals surface area contributed by atoms with Gasteiger partial charge in [-0.15, -0.1) is 0 Å². The fourth-order valence-electron chi connectivity index (χ4n) is 3.10. The van der Waals surface area contributed by atoms with E-state index >= 15 is 0 Å². The Morgan fingerprint density at radius 1 is 1.14 bits per heavy atom. The third kappa shape index (κ3) is 3.91. The molecule has 1 saturated heterocycles. The quantitative estimate of drug-likeness (QED) is 0.830. The average Bonchev–Trinajstić information content (AvgIpc) is 3.05. The van der Waals surface area contributed by atoms with Gasteiger partial charge in [-0.2, -0.15) is 0 Å². The number of hydrogen-bond donors (Lipinski definition) is 1. The van der Waals surface area contributed by atoms with Gasteiger partial charge in [-0.05, 0) is 61.2 Å². The first-order valence-corrected chi connectivity index (χ1v) is 10.3. The Morgan fingerprint density at radius 3 is 2.46 bits per heavy atom. The molecule has 0 aliphatic carbocycles. The Bertz CT molecular complexity index is 1020. The van der Waals surface area contributed by atoms with Crippen molar-refractivity contribution < 1.29 is 22.4 Å². The molecule has 3 rings (SSSR count). The van der Waals surface area contributed by atoms with Crippen LogP contribution < -0.4 is 5.32 Å². The predicted octanol–water partition coefficient (Wildman–Crippen LogP) is 2.44. The Hall–Kier alpha value is -2.74. The standard InChI is InChI=1S/C20H21FN2O4S/c1-13-3-8-17(11-14(13)2)28(26,27)23-18(9-10-19(23)24)20(25)22-12-15-4-6-16(21)7-5-15/h3-8,11,18H,9-10,12H2,1-2H3,(H,22,25). The highest BCUT2D eigenvalue weighted by Crippen LogP contribution is 2.28. The van der Waals surface area contributed by atoms with E-state index in [9.17, 15) is 22.4 Å². The van der Waals surface area contributed by atoms with Crippen LogP contribution in [-0.2, 0) is 26.2 Å². The third-order valence-corrected chi connectivity index (χ3v) is 6.70. The van der Waals surface area contributed by atoms with Gasteiger partial charge in [-0.3, -0.25) is 9.59 Å². The lowest BCUT2D eigenvalue weighted by Crippen LogP contribution is -2.47. The van der Waals surface area contributed by atoms with Gasteiger partial charge in [0.25, 0.3) is 10.0 Å². The van der Waals surface area contributed by atoms with Crippen molar-refractivity contribution in [2.75, 3.05) is 0 Å². The van der Waals surface area contributed by atoms with Crippen LogP contribution in [0.25, 0.3) is 0 Å². The van der Waals surface area contributed by atoms with E-state index in [1.165, 1.54) is 36.4 Å². The maximum absolute atomic E-state index is 13.0. The summed E-state index contributed by atoms with van der Waals surface area (Å²) in [5.41, 5.74) is 2.38. The predicted molar refractivity (Wildman–Crippen MR) is 101 cm³/mol. The van der Waals surface area contributed by atoms with Crippen LogP contribution in [0.1, 0.15) is 29.5 Å². The summed E-state index contributed by atoms with van der Waals surface area (Å²) in [4.78, 5) is 24.9. The molecule has 1 fully saturated rings. The van der Waals surface area contributed by atoms with E-state index in [0.717, 1.165) is 11.1 Å². The van der Waals surface area contributed by atoms with Crippen molar-refractivity contribution in [3.63, 3.8) is 0 Å². The summed E-state index contributed by atoms with van der Waals surface area (Å²) in [6.07, 6.45) is 0.108. The van der Waals surface area contributed by atoms with Crippen molar-refractivity contribution in [2.24, 2.45) is 0 Å². The first-order chi connectivity index (χ1) is 13.2. The molecule has 0 spiro atoms. The minimum absolute atomic E-state index is 0.0119. The summed E-state index contributed by atoms with van der Waals surface area (Å²) < 4.78 is 39.7. The van der Waals surface area contributed by atoms with Gasteiger partial charge in [0.05, 0.1) is 4.90 Å². The molecule has 6 nitrogen and oxygen atoms in total. The Morgan fingerprint density at radius 2 is 1.82 bits per heavy atom. The highest BCUT2D eigenvalue weighted by Gasteiger charge is 2.44. The maximum Gasteiger partial charge on any atom is 0.267 e. The molecular formula is C20H21FN2O4S. The molecule has 1 unspecified atom stereocenters. The van der Waals surface area contributed by atoms with Crippen LogP contribution in [0, 0.1) is 19.7 Å². The molecule has 148 valence electrons. The largest absolute Gasteiger partial charge is 0.350 e. The van der Waals surface area contributed by atoms with Gasteiger partial charge in [-0.25, -0.2) is 17.1 Å². The summed E-state index contributed by atoms with van der Waals surface area (Å²) >= 11 is 0. The lowest BCUT2D eigenvalue weighted by atomic mass is 10.1. The molecule has 0 aromatic heterocycles.